The van der Waals surface area contributed by atoms with Crippen LogP contribution in [0.25, 0.3) is 33.2 Å². The third-order valence-electron chi connectivity index (χ3n) is 8.45. The van der Waals surface area contributed by atoms with E-state index in [9.17, 15) is 18.8 Å². The molecule has 0 radical (unpaired) electrons. The lowest BCUT2D eigenvalue weighted by Gasteiger charge is -2.27. The summed E-state index contributed by atoms with van der Waals surface area (Å²) in [4.78, 5) is 44.8. The number of nitrogens with zero attached hydrogens (tertiary/aromatic N) is 4. The Morgan fingerprint density at radius 2 is 1.73 bits per heavy atom. The highest BCUT2D eigenvalue weighted by Crippen LogP contribution is 2.48. The van der Waals surface area contributed by atoms with Crippen molar-refractivity contribution >= 4 is 45.9 Å². The number of benzene rings is 3. The van der Waals surface area contributed by atoms with Crippen molar-refractivity contribution in [2.24, 2.45) is 11.7 Å². The van der Waals surface area contributed by atoms with Gasteiger partial charge in [0.15, 0.2) is 11.5 Å². The van der Waals surface area contributed by atoms with Crippen LogP contribution in [-0.2, 0) is 16.1 Å². The van der Waals surface area contributed by atoms with Crippen molar-refractivity contribution in [3.63, 3.8) is 0 Å². The molecular formula is C33H25ClF2N6O3. The number of nitrogens with two attached hydrogens (primary N) is 1. The summed E-state index contributed by atoms with van der Waals surface area (Å²) < 4.78 is 30.3. The lowest BCUT2D eigenvalue weighted by molar-refractivity contribution is -0.138. The molecule has 3 amide bonds. The Kier molecular flexibility index (Phi) is 7.04. The van der Waals surface area contributed by atoms with E-state index in [1.54, 1.807) is 65.6 Å². The number of anilines is 1. The SMILES string of the molecule is NC(=O)c1nn(CC(=O)N2[C@@H]3C[C@H]3C[C@H]2C(=O)Nc2cccc(-c3ccccc3Cl)c2F)c2ccc(-c3ccc(F)nc3)cc12. The fourth-order valence-corrected chi connectivity index (χ4v) is 6.44. The number of nitrogens with one attached hydrogen (secondary N) is 1. The maximum atomic E-state index is 15.6. The first kappa shape index (κ1) is 28.6. The average molecular weight is 627 g/mol. The monoisotopic (exact) mass is 626 g/mol. The second-order valence-corrected chi connectivity index (χ2v) is 11.6. The van der Waals surface area contributed by atoms with Crippen LogP contribution in [0.5, 0.6) is 0 Å². The quantitative estimate of drug-likeness (QED) is 0.234. The van der Waals surface area contributed by atoms with Crippen molar-refractivity contribution in [2.75, 3.05) is 5.32 Å². The van der Waals surface area contributed by atoms with Gasteiger partial charge in [-0.1, -0.05) is 48.0 Å². The third-order valence-corrected chi connectivity index (χ3v) is 8.77. The predicted molar refractivity (Wildman–Crippen MR) is 164 cm³/mol. The second-order valence-electron chi connectivity index (χ2n) is 11.2. The van der Waals surface area contributed by atoms with Crippen molar-refractivity contribution in [1.29, 1.82) is 0 Å². The van der Waals surface area contributed by atoms with Crippen LogP contribution >= 0.6 is 11.6 Å². The molecule has 1 saturated heterocycles. The molecule has 45 heavy (non-hydrogen) atoms. The zero-order valence-electron chi connectivity index (χ0n) is 23.6. The number of pyridine rings is 1. The third kappa shape index (κ3) is 5.18. The van der Waals surface area contributed by atoms with E-state index < -0.39 is 29.6 Å². The summed E-state index contributed by atoms with van der Waals surface area (Å²) in [6.45, 7) is -0.245. The summed E-state index contributed by atoms with van der Waals surface area (Å²) in [7, 11) is 0. The Bertz CT molecular complexity index is 2010. The first-order valence-electron chi connectivity index (χ1n) is 14.3. The molecule has 5 aromatic rings. The minimum Gasteiger partial charge on any atom is -0.364 e. The Morgan fingerprint density at radius 3 is 2.49 bits per heavy atom. The van der Waals surface area contributed by atoms with Crippen LogP contribution in [0.15, 0.2) is 79.0 Å². The molecule has 1 saturated carbocycles. The molecule has 3 N–H and O–H groups in total. The van der Waals surface area contributed by atoms with E-state index in [2.05, 4.69) is 15.4 Å². The van der Waals surface area contributed by atoms with Crippen molar-refractivity contribution in [1.82, 2.24) is 19.7 Å². The van der Waals surface area contributed by atoms with Gasteiger partial charge in [-0.05, 0) is 60.7 Å². The van der Waals surface area contributed by atoms with Gasteiger partial charge in [0.1, 0.15) is 12.6 Å². The van der Waals surface area contributed by atoms with Crippen molar-refractivity contribution in [3.05, 3.63) is 101 Å². The lowest BCUT2D eigenvalue weighted by Crippen LogP contribution is -2.46. The van der Waals surface area contributed by atoms with Crippen LogP contribution in [0, 0.1) is 17.7 Å². The number of hydrogen-bond donors (Lipinski definition) is 2. The van der Waals surface area contributed by atoms with E-state index >= 15 is 4.39 Å². The molecule has 0 bridgehead atoms. The van der Waals surface area contributed by atoms with Gasteiger partial charge >= 0.3 is 0 Å². The summed E-state index contributed by atoms with van der Waals surface area (Å²) >= 11 is 6.28. The topological polar surface area (TPSA) is 123 Å². The zero-order valence-corrected chi connectivity index (χ0v) is 24.3. The summed E-state index contributed by atoms with van der Waals surface area (Å²) in [6.07, 6.45) is 2.60. The summed E-state index contributed by atoms with van der Waals surface area (Å²) in [5.41, 5.74) is 8.10. The van der Waals surface area contributed by atoms with Crippen LogP contribution in [0.3, 0.4) is 0 Å². The van der Waals surface area contributed by atoms with Gasteiger partial charge in [0.2, 0.25) is 17.8 Å². The minimum atomic E-state index is -0.806. The van der Waals surface area contributed by atoms with Crippen LogP contribution in [-0.4, -0.2) is 49.5 Å². The van der Waals surface area contributed by atoms with Gasteiger partial charge in [0.25, 0.3) is 5.91 Å². The minimum absolute atomic E-state index is 0.0123. The summed E-state index contributed by atoms with van der Waals surface area (Å²) in [5.74, 6) is -2.71. The number of hydrogen-bond acceptors (Lipinski definition) is 5. The first-order valence-corrected chi connectivity index (χ1v) is 14.6. The number of aromatic nitrogens is 3. The molecule has 1 aliphatic carbocycles. The van der Waals surface area contributed by atoms with Gasteiger partial charge in [-0.15, -0.1) is 0 Å². The number of amides is 3. The van der Waals surface area contributed by atoms with Gasteiger partial charge in [0, 0.05) is 39.3 Å². The van der Waals surface area contributed by atoms with Gasteiger partial charge < -0.3 is 16.0 Å². The summed E-state index contributed by atoms with van der Waals surface area (Å²) in [5, 5.41) is 7.82. The number of carbonyl (C=O) groups excluding carboxylic acids is 3. The largest absolute Gasteiger partial charge is 0.364 e. The number of likely N-dealkylation sites (tertiary alicyclic amines) is 1. The lowest BCUT2D eigenvalue weighted by atomic mass is 10.0. The molecule has 226 valence electrons. The maximum absolute atomic E-state index is 15.6. The average Bonchev–Trinajstić information content (AvgIpc) is 3.53. The van der Waals surface area contributed by atoms with Crippen LogP contribution in [0.2, 0.25) is 5.02 Å². The molecule has 2 aromatic heterocycles. The van der Waals surface area contributed by atoms with E-state index in [0.29, 0.717) is 39.0 Å². The molecule has 2 fully saturated rings. The highest BCUT2D eigenvalue weighted by Gasteiger charge is 2.56. The van der Waals surface area contributed by atoms with E-state index in [1.165, 1.54) is 23.0 Å². The van der Waals surface area contributed by atoms with E-state index in [-0.39, 0.29) is 41.4 Å². The number of piperidine rings is 1. The van der Waals surface area contributed by atoms with Gasteiger partial charge in [-0.3, -0.25) is 19.1 Å². The van der Waals surface area contributed by atoms with Gasteiger partial charge in [-0.25, -0.2) is 9.37 Å². The van der Waals surface area contributed by atoms with E-state index in [4.69, 9.17) is 17.3 Å². The number of rotatable bonds is 7. The molecule has 9 nitrogen and oxygen atoms in total. The Morgan fingerprint density at radius 1 is 0.956 bits per heavy atom. The summed E-state index contributed by atoms with van der Waals surface area (Å²) in [6, 6.07) is 18.5. The number of halogens is 3. The highest BCUT2D eigenvalue weighted by molar-refractivity contribution is 6.33. The number of carbonyl (C=O) groups is 3. The second kappa shape index (κ2) is 11.1. The Hall–Kier alpha value is -5.16. The maximum Gasteiger partial charge on any atom is 0.269 e. The van der Waals surface area contributed by atoms with Crippen LogP contribution in [0.1, 0.15) is 23.3 Å². The molecule has 3 heterocycles. The highest BCUT2D eigenvalue weighted by atomic mass is 35.5. The molecule has 12 heteroatoms. The van der Waals surface area contributed by atoms with Gasteiger partial charge in [-0.2, -0.15) is 9.49 Å². The Labute approximate surface area is 260 Å². The molecule has 1 aliphatic heterocycles. The zero-order chi connectivity index (χ0) is 31.4. The normalized spacial score (nSPS) is 18.6. The first-order chi connectivity index (χ1) is 21.7. The molecule has 0 unspecified atom stereocenters. The fraction of sp³-hybridized carbons (Fsp3) is 0.182. The van der Waals surface area contributed by atoms with Crippen molar-refractivity contribution in [3.8, 4) is 22.3 Å². The molecule has 7 rings (SSSR count). The van der Waals surface area contributed by atoms with Crippen molar-refractivity contribution in [2.45, 2.75) is 31.5 Å². The fourth-order valence-electron chi connectivity index (χ4n) is 6.20. The molecule has 2 aliphatic rings. The van der Waals surface area contributed by atoms with E-state index in [0.717, 1.165) is 6.42 Å². The Balaban J connectivity index is 1.14. The predicted octanol–water partition coefficient (Wildman–Crippen LogP) is 5.42. The number of primary amides is 1. The smallest absolute Gasteiger partial charge is 0.269 e. The molecule has 3 aromatic carbocycles. The van der Waals surface area contributed by atoms with E-state index in [1.807, 2.05) is 0 Å². The molecule has 3 atom stereocenters. The van der Waals surface area contributed by atoms with Crippen molar-refractivity contribution < 1.29 is 23.2 Å². The number of fused-ring (bicyclic) bond motifs is 2. The standard InChI is InChI=1S/C33H25ClF2N6O3/c34-23-6-2-1-4-20(23)21-5-3-7-24(30(21)36)39-33(45)27-14-19-13-26(19)42(27)29(43)16-41-25-10-8-17(18-9-11-28(35)38-15-18)12-22(25)31(40-41)32(37)44/h1-12,15,19,26-27H,13-14,16H2,(H2,37,44)(H,39,45)/t19-,26+,27-/m0/s1. The van der Waals surface area contributed by atoms with Crippen LogP contribution < -0.4 is 11.1 Å². The molecule has 0 spiro atoms. The van der Waals surface area contributed by atoms with Gasteiger partial charge in [0.05, 0.1) is 11.2 Å². The van der Waals surface area contributed by atoms with Crippen LogP contribution in [0.4, 0.5) is 14.5 Å². The molecular weight excluding hydrogens is 602 g/mol.